The van der Waals surface area contributed by atoms with Crippen molar-refractivity contribution >= 4 is 46.2 Å². The third-order valence-electron chi connectivity index (χ3n) is 2.19. The highest BCUT2D eigenvalue weighted by molar-refractivity contribution is 7.80. The molecule has 1 rings (SSSR count). The summed E-state index contributed by atoms with van der Waals surface area (Å²) in [5, 5.41) is 0.408. The molecular weight excluding hydrogens is 293 g/mol. The maximum atomic E-state index is 11.8. The van der Waals surface area contributed by atoms with Crippen molar-refractivity contribution in [3.8, 4) is 5.75 Å². The predicted molar refractivity (Wildman–Crippen MR) is 78.0 cm³/mol. The first-order chi connectivity index (χ1) is 8.47. The van der Waals surface area contributed by atoms with Crippen LogP contribution in [0.3, 0.4) is 0 Å². The second-order valence-electron chi connectivity index (χ2n) is 3.67. The van der Waals surface area contributed by atoms with Gasteiger partial charge in [-0.3, -0.25) is 4.79 Å². The summed E-state index contributed by atoms with van der Waals surface area (Å²) in [6, 6.07) is 3.19. The van der Waals surface area contributed by atoms with Gasteiger partial charge < -0.3 is 10.5 Å². The van der Waals surface area contributed by atoms with Gasteiger partial charge in [0, 0.05) is 12.0 Å². The maximum Gasteiger partial charge on any atom is 0.164 e. The van der Waals surface area contributed by atoms with E-state index in [0.717, 1.165) is 6.42 Å². The molecule has 98 valence electrons. The third kappa shape index (κ3) is 3.83. The van der Waals surface area contributed by atoms with Crippen LogP contribution in [0.4, 0.5) is 0 Å². The molecule has 0 heterocycles. The topological polar surface area (TPSA) is 52.3 Å². The lowest BCUT2D eigenvalue weighted by atomic mass is 10.1. The molecule has 1 aromatic carbocycles. The molecule has 0 aliphatic carbocycles. The van der Waals surface area contributed by atoms with Crippen molar-refractivity contribution in [2.45, 2.75) is 19.8 Å². The lowest BCUT2D eigenvalue weighted by Crippen LogP contribution is -2.18. The van der Waals surface area contributed by atoms with E-state index >= 15 is 0 Å². The van der Waals surface area contributed by atoms with Crippen LogP contribution in [0.25, 0.3) is 0 Å². The molecule has 6 heteroatoms. The average molecular weight is 306 g/mol. The van der Waals surface area contributed by atoms with Crippen LogP contribution < -0.4 is 10.5 Å². The zero-order valence-corrected chi connectivity index (χ0v) is 12.2. The lowest BCUT2D eigenvalue weighted by Gasteiger charge is -2.10. The minimum Gasteiger partial charge on any atom is -0.485 e. The monoisotopic (exact) mass is 305 g/mol. The SMILES string of the molecule is CCCC(=O)c1ccc(OCC(N)=S)c(Cl)c1Cl. The quantitative estimate of drug-likeness (QED) is 0.644. The number of rotatable bonds is 6. The first-order valence-electron chi connectivity index (χ1n) is 5.39. The van der Waals surface area contributed by atoms with Crippen molar-refractivity contribution in [3.63, 3.8) is 0 Å². The van der Waals surface area contributed by atoms with E-state index in [4.69, 9.17) is 45.9 Å². The molecule has 0 amide bonds. The summed E-state index contributed by atoms with van der Waals surface area (Å²) in [5.74, 6) is 0.327. The van der Waals surface area contributed by atoms with E-state index in [1.165, 1.54) is 0 Å². The van der Waals surface area contributed by atoms with Crippen molar-refractivity contribution in [3.05, 3.63) is 27.7 Å². The Labute approximate surface area is 121 Å². The Morgan fingerprint density at radius 2 is 2.06 bits per heavy atom. The largest absolute Gasteiger partial charge is 0.485 e. The van der Waals surface area contributed by atoms with Crippen molar-refractivity contribution in [2.75, 3.05) is 6.61 Å². The van der Waals surface area contributed by atoms with Gasteiger partial charge in [-0.25, -0.2) is 0 Å². The Morgan fingerprint density at radius 1 is 1.39 bits per heavy atom. The fourth-order valence-electron chi connectivity index (χ4n) is 1.37. The van der Waals surface area contributed by atoms with Crippen LogP contribution in [0.5, 0.6) is 5.75 Å². The van der Waals surface area contributed by atoms with Crippen molar-refractivity contribution in [1.82, 2.24) is 0 Å². The highest BCUT2D eigenvalue weighted by atomic mass is 35.5. The van der Waals surface area contributed by atoms with Gasteiger partial charge in [0.05, 0.1) is 5.02 Å². The fraction of sp³-hybridized carbons (Fsp3) is 0.333. The number of thiocarbonyl (C=S) groups is 1. The second kappa shape index (κ2) is 6.92. The van der Waals surface area contributed by atoms with Gasteiger partial charge in [0.2, 0.25) is 0 Å². The zero-order valence-electron chi connectivity index (χ0n) is 9.83. The number of carbonyl (C=O) groups excluding carboxylic acids is 1. The van der Waals surface area contributed by atoms with Gasteiger partial charge >= 0.3 is 0 Å². The number of hydrogen-bond donors (Lipinski definition) is 1. The molecule has 0 aromatic heterocycles. The molecule has 0 atom stereocenters. The lowest BCUT2D eigenvalue weighted by molar-refractivity contribution is 0.0982. The van der Waals surface area contributed by atoms with E-state index in [0.29, 0.717) is 17.7 Å². The van der Waals surface area contributed by atoms with Gasteiger partial charge in [0.25, 0.3) is 0 Å². The summed E-state index contributed by atoms with van der Waals surface area (Å²) < 4.78 is 5.28. The number of halogens is 2. The average Bonchev–Trinajstić information content (AvgIpc) is 2.31. The fourth-order valence-corrected chi connectivity index (χ4v) is 1.91. The normalized spacial score (nSPS) is 10.2. The zero-order chi connectivity index (χ0) is 13.7. The maximum absolute atomic E-state index is 11.8. The van der Waals surface area contributed by atoms with Gasteiger partial charge in [-0.05, 0) is 18.6 Å². The van der Waals surface area contributed by atoms with E-state index in [2.05, 4.69) is 0 Å². The molecule has 0 radical (unpaired) electrons. The van der Waals surface area contributed by atoms with Crippen LogP contribution in [0.15, 0.2) is 12.1 Å². The van der Waals surface area contributed by atoms with E-state index < -0.39 is 0 Å². The number of benzene rings is 1. The molecule has 3 nitrogen and oxygen atoms in total. The number of ketones is 1. The molecule has 0 aliphatic heterocycles. The smallest absolute Gasteiger partial charge is 0.164 e. The summed E-state index contributed by atoms with van der Waals surface area (Å²) in [7, 11) is 0. The molecule has 0 saturated heterocycles. The van der Waals surface area contributed by atoms with Crippen molar-refractivity contribution in [1.29, 1.82) is 0 Å². The van der Waals surface area contributed by atoms with Crippen LogP contribution in [-0.2, 0) is 0 Å². The first-order valence-corrected chi connectivity index (χ1v) is 6.56. The molecule has 0 spiro atoms. The van der Waals surface area contributed by atoms with Crippen molar-refractivity contribution < 1.29 is 9.53 Å². The van der Waals surface area contributed by atoms with E-state index in [1.807, 2.05) is 6.92 Å². The van der Waals surface area contributed by atoms with Gasteiger partial charge in [-0.1, -0.05) is 42.3 Å². The summed E-state index contributed by atoms with van der Waals surface area (Å²) in [6.07, 6.45) is 1.19. The molecular formula is C12H13Cl2NO2S. The highest BCUT2D eigenvalue weighted by Crippen LogP contribution is 2.35. The Balaban J connectivity index is 2.97. The van der Waals surface area contributed by atoms with Crippen LogP contribution >= 0.6 is 35.4 Å². The summed E-state index contributed by atoms with van der Waals surface area (Å²) in [5.41, 5.74) is 5.73. The summed E-state index contributed by atoms with van der Waals surface area (Å²) in [4.78, 5) is 12.0. The van der Waals surface area contributed by atoms with E-state index in [-0.39, 0.29) is 27.4 Å². The van der Waals surface area contributed by atoms with E-state index in [1.54, 1.807) is 12.1 Å². The molecule has 0 bridgehead atoms. The second-order valence-corrected chi connectivity index (χ2v) is 4.95. The molecule has 1 aromatic rings. The minimum atomic E-state index is -0.0368. The molecule has 0 fully saturated rings. The Morgan fingerprint density at radius 3 is 2.61 bits per heavy atom. The molecule has 18 heavy (non-hydrogen) atoms. The Kier molecular flexibility index (Phi) is 5.85. The van der Waals surface area contributed by atoms with Gasteiger partial charge in [0.15, 0.2) is 5.78 Å². The standard InChI is InChI=1S/C12H13Cl2NO2S/c1-2-3-8(16)7-4-5-9(12(14)11(7)13)17-6-10(15)18/h4-5H,2-3,6H2,1H3,(H2,15,18). The van der Waals surface area contributed by atoms with Gasteiger partial charge in [0.1, 0.15) is 22.4 Å². The summed E-state index contributed by atoms with van der Waals surface area (Å²) >= 11 is 16.8. The van der Waals surface area contributed by atoms with Crippen LogP contribution in [0.1, 0.15) is 30.1 Å². The first kappa shape index (κ1) is 15.2. The Bertz CT molecular complexity index is 477. The predicted octanol–water partition coefficient (Wildman–Crippen LogP) is 3.64. The van der Waals surface area contributed by atoms with Crippen LogP contribution in [0.2, 0.25) is 10.0 Å². The number of ether oxygens (including phenoxy) is 1. The van der Waals surface area contributed by atoms with Gasteiger partial charge in [-0.2, -0.15) is 0 Å². The minimum absolute atomic E-state index is 0.0368. The third-order valence-corrected chi connectivity index (χ3v) is 3.18. The Hall–Kier alpha value is -0.840. The van der Waals surface area contributed by atoms with Gasteiger partial charge in [-0.15, -0.1) is 0 Å². The molecule has 0 saturated carbocycles. The number of hydrogen-bond acceptors (Lipinski definition) is 3. The number of carbonyl (C=O) groups is 1. The highest BCUT2D eigenvalue weighted by Gasteiger charge is 2.16. The summed E-state index contributed by atoms with van der Waals surface area (Å²) in [6.45, 7) is 2.00. The van der Waals surface area contributed by atoms with Crippen molar-refractivity contribution in [2.24, 2.45) is 5.73 Å². The molecule has 0 aliphatic rings. The molecule has 0 unspecified atom stereocenters. The van der Waals surface area contributed by atoms with Crippen LogP contribution in [-0.4, -0.2) is 17.4 Å². The van der Waals surface area contributed by atoms with Crippen LogP contribution in [0, 0.1) is 0 Å². The molecule has 2 N–H and O–H groups in total. The van der Waals surface area contributed by atoms with E-state index in [9.17, 15) is 4.79 Å². The number of nitrogens with two attached hydrogens (primary N) is 1. The number of Topliss-reactive ketones (excluding diaryl/α,β-unsaturated/α-hetero) is 1.